The van der Waals surface area contributed by atoms with Crippen LogP contribution in [0, 0.1) is 0 Å². The molecule has 1 N–H and O–H groups in total. The number of carbonyl (C=O) groups excluding carboxylic acids is 2. The molecule has 0 saturated carbocycles. The van der Waals surface area contributed by atoms with Crippen molar-refractivity contribution in [2.45, 2.75) is 83.6 Å². The van der Waals surface area contributed by atoms with Crippen molar-refractivity contribution >= 4 is 20.4 Å². The normalized spacial score (nSPS) is 15.0. The second-order valence-corrected chi connectivity index (χ2v) is 14.8. The van der Waals surface area contributed by atoms with Gasteiger partial charge in [-0.3, -0.25) is 0 Å². The summed E-state index contributed by atoms with van der Waals surface area (Å²) in [5.41, 5.74) is -1.36. The number of carbonyl (C=O) groups is 2. The summed E-state index contributed by atoms with van der Waals surface area (Å²) in [7, 11) is -1.39. The number of ether oxygens (including phenoxy) is 2. The lowest BCUT2D eigenvalue weighted by Crippen LogP contribution is -2.52. The number of halogens is 3. The number of nitrogens with one attached hydrogen (secondary N) is 1. The Morgan fingerprint density at radius 1 is 0.969 bits per heavy atom. The van der Waals surface area contributed by atoms with Crippen LogP contribution in [0.4, 0.5) is 18.0 Å². The number of methoxy groups -OCH3 is 1. The molecule has 10 heteroatoms. The molecular weight excluding hydrogens is 443 g/mol. The number of amides is 1. The van der Waals surface area contributed by atoms with E-state index in [4.69, 9.17) is 13.9 Å². The Balaban J connectivity index is 3.48. The Morgan fingerprint density at radius 2 is 1.47 bits per heavy atom. The maximum Gasteiger partial charge on any atom is 0.416 e. The Morgan fingerprint density at radius 3 is 1.84 bits per heavy atom. The summed E-state index contributed by atoms with van der Waals surface area (Å²) in [6.07, 6.45) is -6.47. The van der Waals surface area contributed by atoms with Gasteiger partial charge in [-0.15, -0.1) is 0 Å². The van der Waals surface area contributed by atoms with Gasteiger partial charge in [0.05, 0.1) is 12.7 Å². The first-order valence-corrected chi connectivity index (χ1v) is 13.1. The monoisotopic (exact) mass is 477 g/mol. The van der Waals surface area contributed by atoms with E-state index >= 15 is 0 Å². The van der Waals surface area contributed by atoms with E-state index in [1.165, 1.54) is 12.1 Å². The molecule has 0 heterocycles. The van der Waals surface area contributed by atoms with Gasteiger partial charge < -0.3 is 19.2 Å². The van der Waals surface area contributed by atoms with Crippen LogP contribution in [0.1, 0.15) is 58.8 Å². The molecule has 1 aromatic carbocycles. The number of rotatable bonds is 6. The van der Waals surface area contributed by atoms with Gasteiger partial charge >= 0.3 is 18.2 Å². The van der Waals surface area contributed by atoms with Crippen molar-refractivity contribution in [1.29, 1.82) is 0 Å². The molecular formula is C22H34F3NO5Si. The number of hydrogen-bond acceptors (Lipinski definition) is 5. The molecule has 32 heavy (non-hydrogen) atoms. The average molecular weight is 478 g/mol. The fourth-order valence-electron chi connectivity index (χ4n) is 2.50. The minimum absolute atomic E-state index is 0.274. The first-order chi connectivity index (χ1) is 14.3. The average Bonchev–Trinajstić information content (AvgIpc) is 2.61. The van der Waals surface area contributed by atoms with Crippen LogP contribution >= 0.6 is 0 Å². The Hall–Kier alpha value is -2.07. The van der Waals surface area contributed by atoms with Crippen molar-refractivity contribution in [3.8, 4) is 0 Å². The van der Waals surface area contributed by atoms with Gasteiger partial charge in [0.2, 0.25) is 0 Å². The second kappa shape index (κ2) is 9.82. The summed E-state index contributed by atoms with van der Waals surface area (Å²) in [6, 6.07) is 2.99. The third-order valence-electron chi connectivity index (χ3n) is 5.22. The van der Waals surface area contributed by atoms with Crippen LogP contribution in [-0.2, 0) is 24.9 Å². The van der Waals surface area contributed by atoms with E-state index < -0.39 is 49.9 Å². The molecule has 1 amide bonds. The number of alkyl halides is 3. The largest absolute Gasteiger partial charge is 0.467 e. The molecule has 0 aliphatic carbocycles. The van der Waals surface area contributed by atoms with Crippen LogP contribution < -0.4 is 5.32 Å². The van der Waals surface area contributed by atoms with Gasteiger partial charge in [-0.05, 0) is 56.6 Å². The number of hydrogen-bond donors (Lipinski definition) is 1. The van der Waals surface area contributed by atoms with Crippen molar-refractivity contribution in [3.05, 3.63) is 35.4 Å². The molecule has 0 spiro atoms. The smallest absolute Gasteiger partial charge is 0.416 e. The van der Waals surface area contributed by atoms with Crippen LogP contribution in [0.15, 0.2) is 24.3 Å². The first kappa shape index (κ1) is 28.0. The number of benzene rings is 1. The zero-order chi connectivity index (χ0) is 25.1. The highest BCUT2D eigenvalue weighted by Gasteiger charge is 2.44. The Kier molecular flexibility index (Phi) is 8.58. The molecule has 0 aliphatic heterocycles. The van der Waals surface area contributed by atoms with E-state index in [0.29, 0.717) is 5.56 Å². The predicted octanol–water partition coefficient (Wildman–Crippen LogP) is 5.83. The van der Waals surface area contributed by atoms with Crippen LogP contribution in [0.5, 0.6) is 0 Å². The molecule has 2 atom stereocenters. The standard InChI is InChI=1S/C22H34F3NO5Si/c1-20(2,3)30-19(28)26-16(18(27)29-7)17(31-32(8,9)21(4,5)6)14-10-12-15(13-11-14)22(23,24)25/h10-13,16-17H,1-9H3,(H,26,28)/t16-,17-/m0/s1. The minimum atomic E-state index is -4.51. The third-order valence-corrected chi connectivity index (χ3v) is 9.68. The van der Waals surface area contributed by atoms with Gasteiger partial charge in [-0.2, -0.15) is 13.2 Å². The van der Waals surface area contributed by atoms with Gasteiger partial charge in [0.1, 0.15) is 11.7 Å². The quantitative estimate of drug-likeness (QED) is 0.412. The number of alkyl carbamates (subject to hydrolysis) is 1. The van der Waals surface area contributed by atoms with Gasteiger partial charge in [0.15, 0.2) is 14.4 Å². The first-order valence-electron chi connectivity index (χ1n) is 10.2. The summed E-state index contributed by atoms with van der Waals surface area (Å²) >= 11 is 0. The van der Waals surface area contributed by atoms with E-state index in [-0.39, 0.29) is 5.04 Å². The molecule has 0 radical (unpaired) electrons. The second-order valence-electron chi connectivity index (χ2n) is 10.1. The lowest BCUT2D eigenvalue weighted by Gasteiger charge is -2.41. The molecule has 1 aromatic rings. The summed E-state index contributed by atoms with van der Waals surface area (Å²) in [4.78, 5) is 25.1. The molecule has 182 valence electrons. The van der Waals surface area contributed by atoms with Crippen molar-refractivity contribution in [1.82, 2.24) is 5.32 Å². The maximum atomic E-state index is 13.0. The molecule has 0 aromatic heterocycles. The van der Waals surface area contributed by atoms with Gasteiger partial charge in [-0.25, -0.2) is 9.59 Å². The highest BCUT2D eigenvalue weighted by molar-refractivity contribution is 6.74. The van der Waals surface area contributed by atoms with Gasteiger partial charge in [0.25, 0.3) is 0 Å². The van der Waals surface area contributed by atoms with Crippen LogP contribution in [0.3, 0.4) is 0 Å². The topological polar surface area (TPSA) is 73.9 Å². The summed E-state index contributed by atoms with van der Waals surface area (Å²) in [5, 5.41) is 2.21. The summed E-state index contributed by atoms with van der Waals surface area (Å²) in [6.45, 7) is 14.8. The molecule has 0 aliphatic rings. The zero-order valence-electron chi connectivity index (χ0n) is 20.1. The van der Waals surface area contributed by atoms with Crippen LogP contribution in [0.2, 0.25) is 18.1 Å². The van der Waals surface area contributed by atoms with Crippen molar-refractivity contribution in [2.24, 2.45) is 0 Å². The summed E-state index contributed by atoms with van der Waals surface area (Å²) in [5.74, 6) is -0.806. The fraction of sp³-hybridized carbons (Fsp3) is 0.636. The predicted molar refractivity (Wildman–Crippen MR) is 118 cm³/mol. The van der Waals surface area contributed by atoms with Gasteiger partial charge in [0, 0.05) is 0 Å². The van der Waals surface area contributed by atoms with E-state index in [1.807, 2.05) is 33.9 Å². The molecule has 0 bridgehead atoms. The zero-order valence-corrected chi connectivity index (χ0v) is 21.1. The lowest BCUT2D eigenvalue weighted by molar-refractivity contribution is -0.146. The molecule has 1 rings (SSSR count). The Labute approximate surface area is 188 Å². The van der Waals surface area contributed by atoms with Crippen molar-refractivity contribution < 1.29 is 36.7 Å². The third kappa shape index (κ3) is 7.81. The lowest BCUT2D eigenvalue weighted by atomic mass is 10.0. The van der Waals surface area contributed by atoms with E-state index in [0.717, 1.165) is 19.2 Å². The number of esters is 1. The fourth-order valence-corrected chi connectivity index (χ4v) is 3.76. The maximum absolute atomic E-state index is 13.0. The van der Waals surface area contributed by atoms with Crippen molar-refractivity contribution in [3.63, 3.8) is 0 Å². The summed E-state index contributed by atoms with van der Waals surface area (Å²) < 4.78 is 55.7. The van der Waals surface area contributed by atoms with Crippen LogP contribution in [-0.4, -0.2) is 39.1 Å². The van der Waals surface area contributed by atoms with E-state index in [9.17, 15) is 22.8 Å². The molecule has 0 unspecified atom stereocenters. The SMILES string of the molecule is COC(=O)[C@@H](NC(=O)OC(C)(C)C)[C@@H](O[Si](C)(C)C(C)(C)C)c1ccc(C(F)(F)F)cc1. The van der Waals surface area contributed by atoms with Gasteiger partial charge in [-0.1, -0.05) is 32.9 Å². The highest BCUT2D eigenvalue weighted by atomic mass is 28.4. The molecule has 0 saturated heterocycles. The Bertz CT molecular complexity index is 796. The van der Waals surface area contributed by atoms with E-state index in [1.54, 1.807) is 20.8 Å². The van der Waals surface area contributed by atoms with Crippen LogP contribution in [0.25, 0.3) is 0 Å². The highest BCUT2D eigenvalue weighted by Crippen LogP contribution is 2.41. The minimum Gasteiger partial charge on any atom is -0.467 e. The van der Waals surface area contributed by atoms with E-state index in [2.05, 4.69) is 5.32 Å². The molecule has 0 fully saturated rings. The molecule has 6 nitrogen and oxygen atoms in total. The van der Waals surface area contributed by atoms with Crippen molar-refractivity contribution in [2.75, 3.05) is 7.11 Å².